The van der Waals surface area contributed by atoms with E-state index in [0.717, 1.165) is 17.8 Å². The molecule has 0 saturated carbocycles. The molecule has 0 atom stereocenters. The third-order valence-electron chi connectivity index (χ3n) is 3.76. The van der Waals surface area contributed by atoms with Gasteiger partial charge < -0.3 is 5.32 Å². The van der Waals surface area contributed by atoms with E-state index in [1.54, 1.807) is 35.6 Å². The minimum atomic E-state index is -4.41. The summed E-state index contributed by atoms with van der Waals surface area (Å²) in [5.41, 5.74) is 0.887. The topological polar surface area (TPSA) is 57.6 Å². The first-order valence-electron chi connectivity index (χ1n) is 7.78. The quantitative estimate of drug-likeness (QED) is 0.911. The molecule has 2 heterocycles. The summed E-state index contributed by atoms with van der Waals surface area (Å²) in [6.07, 6.45) is 1.92. The predicted octanol–water partition coefficient (Wildman–Crippen LogP) is 3.15. The van der Waals surface area contributed by atoms with Gasteiger partial charge in [-0.15, -0.1) is 0 Å². The summed E-state index contributed by atoms with van der Waals surface area (Å²) < 4.78 is 38.2. The van der Waals surface area contributed by atoms with Gasteiger partial charge in [0.25, 0.3) is 0 Å². The second-order valence-corrected chi connectivity index (χ2v) is 5.60. The summed E-state index contributed by atoms with van der Waals surface area (Å²) in [6.45, 7) is 0.265. The molecule has 1 aliphatic rings. The van der Waals surface area contributed by atoms with Crippen molar-refractivity contribution in [2.75, 3.05) is 11.6 Å². The second-order valence-electron chi connectivity index (χ2n) is 5.60. The fourth-order valence-electron chi connectivity index (χ4n) is 2.43. The standard InChI is InChI=1S/C18H15F3N4O/c19-18(20,21)15-3-1-2-13(10-15)11-23-17(26)14-4-9-24-25(12-14)16-5-7-22-8-6-16/h1-10H,11-12H2,(H,23,26). The number of halogens is 3. The number of aromatic nitrogens is 1. The normalized spacial score (nSPS) is 14.1. The maximum Gasteiger partial charge on any atom is 0.416 e. The van der Waals surface area contributed by atoms with Crippen LogP contribution in [0.5, 0.6) is 0 Å². The number of hydrazone groups is 1. The van der Waals surface area contributed by atoms with Gasteiger partial charge in [-0.25, -0.2) is 0 Å². The van der Waals surface area contributed by atoms with Crippen LogP contribution in [0, 0.1) is 0 Å². The molecule has 0 fully saturated rings. The van der Waals surface area contributed by atoms with E-state index in [0.29, 0.717) is 11.1 Å². The van der Waals surface area contributed by atoms with E-state index in [-0.39, 0.29) is 19.0 Å². The Morgan fingerprint density at radius 3 is 2.69 bits per heavy atom. The lowest BCUT2D eigenvalue weighted by molar-refractivity contribution is -0.137. The van der Waals surface area contributed by atoms with Gasteiger partial charge in [0.05, 0.1) is 17.8 Å². The molecule has 3 rings (SSSR count). The van der Waals surface area contributed by atoms with E-state index >= 15 is 0 Å². The van der Waals surface area contributed by atoms with Crippen molar-refractivity contribution >= 4 is 17.8 Å². The van der Waals surface area contributed by atoms with Crippen molar-refractivity contribution in [3.05, 3.63) is 71.6 Å². The zero-order chi connectivity index (χ0) is 18.6. The van der Waals surface area contributed by atoms with E-state index in [4.69, 9.17) is 0 Å². The molecule has 1 aromatic heterocycles. The van der Waals surface area contributed by atoms with Crippen LogP contribution in [-0.4, -0.2) is 23.7 Å². The molecule has 8 heteroatoms. The first kappa shape index (κ1) is 17.7. The molecule has 0 unspecified atom stereocenters. The van der Waals surface area contributed by atoms with Crippen LogP contribution in [0.2, 0.25) is 0 Å². The molecular formula is C18H15F3N4O. The third-order valence-corrected chi connectivity index (χ3v) is 3.76. The van der Waals surface area contributed by atoms with E-state index in [9.17, 15) is 18.0 Å². The van der Waals surface area contributed by atoms with Crippen LogP contribution >= 0.6 is 0 Å². The largest absolute Gasteiger partial charge is 0.416 e. The highest BCUT2D eigenvalue weighted by Crippen LogP contribution is 2.29. The number of nitrogens with one attached hydrogen (secondary N) is 1. The summed E-state index contributed by atoms with van der Waals surface area (Å²) in [6, 6.07) is 8.41. The zero-order valence-electron chi connectivity index (χ0n) is 13.6. The van der Waals surface area contributed by atoms with Crippen LogP contribution in [-0.2, 0) is 17.5 Å². The van der Waals surface area contributed by atoms with Crippen LogP contribution in [0.1, 0.15) is 11.1 Å². The monoisotopic (exact) mass is 360 g/mol. The minimum absolute atomic E-state index is 0.00644. The van der Waals surface area contributed by atoms with Crippen LogP contribution in [0.3, 0.4) is 0 Å². The van der Waals surface area contributed by atoms with Gasteiger partial charge in [-0.3, -0.25) is 14.8 Å². The Morgan fingerprint density at radius 2 is 1.96 bits per heavy atom. The fraction of sp³-hybridized carbons (Fsp3) is 0.167. The molecule has 1 aliphatic heterocycles. The molecule has 0 saturated heterocycles. The van der Waals surface area contributed by atoms with Gasteiger partial charge in [-0.1, -0.05) is 12.1 Å². The molecule has 0 aliphatic carbocycles. The Morgan fingerprint density at radius 1 is 1.19 bits per heavy atom. The molecule has 0 bridgehead atoms. The van der Waals surface area contributed by atoms with E-state index in [1.807, 2.05) is 0 Å². The van der Waals surface area contributed by atoms with E-state index in [1.165, 1.54) is 18.3 Å². The van der Waals surface area contributed by atoms with Crippen molar-refractivity contribution in [2.45, 2.75) is 12.7 Å². The average molecular weight is 360 g/mol. The summed E-state index contributed by atoms with van der Waals surface area (Å²) in [5.74, 6) is -0.354. The molecule has 1 N–H and O–H groups in total. The number of hydrogen-bond acceptors (Lipinski definition) is 4. The summed E-state index contributed by atoms with van der Waals surface area (Å²) in [4.78, 5) is 16.3. The molecule has 0 spiro atoms. The van der Waals surface area contributed by atoms with Crippen molar-refractivity contribution in [3.63, 3.8) is 0 Å². The van der Waals surface area contributed by atoms with Gasteiger partial charge in [0, 0.05) is 30.7 Å². The van der Waals surface area contributed by atoms with Crippen molar-refractivity contribution < 1.29 is 18.0 Å². The fourth-order valence-corrected chi connectivity index (χ4v) is 2.43. The first-order chi connectivity index (χ1) is 12.4. The number of carbonyl (C=O) groups is 1. The Hall–Kier alpha value is -3.16. The van der Waals surface area contributed by atoms with Crippen LogP contribution in [0.15, 0.2) is 65.5 Å². The lowest BCUT2D eigenvalue weighted by atomic mass is 10.1. The second kappa shape index (κ2) is 7.38. The maximum absolute atomic E-state index is 12.7. The molecule has 134 valence electrons. The van der Waals surface area contributed by atoms with Crippen LogP contribution in [0.25, 0.3) is 0 Å². The highest BCUT2D eigenvalue weighted by atomic mass is 19.4. The predicted molar refractivity (Wildman–Crippen MR) is 91.4 cm³/mol. The third kappa shape index (κ3) is 4.27. The summed E-state index contributed by atoms with van der Waals surface area (Å²) in [7, 11) is 0. The number of rotatable bonds is 4. The Labute approximate surface area is 147 Å². The Bertz CT molecular complexity index is 847. The highest BCUT2D eigenvalue weighted by Gasteiger charge is 2.30. The number of carbonyl (C=O) groups excluding carboxylic acids is 1. The van der Waals surface area contributed by atoms with Gasteiger partial charge in [-0.05, 0) is 35.9 Å². The number of anilines is 1. The van der Waals surface area contributed by atoms with Gasteiger partial charge in [0.1, 0.15) is 0 Å². The SMILES string of the molecule is O=C(NCc1cccc(C(F)(F)F)c1)C1=CC=NN(c2ccncc2)C1. The zero-order valence-corrected chi connectivity index (χ0v) is 13.6. The van der Waals surface area contributed by atoms with Crippen molar-refractivity contribution in [1.82, 2.24) is 10.3 Å². The molecule has 5 nitrogen and oxygen atoms in total. The summed E-state index contributed by atoms with van der Waals surface area (Å²) >= 11 is 0. The molecule has 26 heavy (non-hydrogen) atoms. The first-order valence-corrected chi connectivity index (χ1v) is 7.78. The van der Waals surface area contributed by atoms with Gasteiger partial charge in [-0.2, -0.15) is 18.3 Å². The van der Waals surface area contributed by atoms with Crippen molar-refractivity contribution in [2.24, 2.45) is 5.10 Å². The maximum atomic E-state index is 12.7. The van der Waals surface area contributed by atoms with Crippen molar-refractivity contribution in [1.29, 1.82) is 0 Å². The average Bonchev–Trinajstić information content (AvgIpc) is 2.66. The van der Waals surface area contributed by atoms with Crippen molar-refractivity contribution in [3.8, 4) is 0 Å². The summed E-state index contributed by atoms with van der Waals surface area (Å²) in [5, 5.41) is 8.47. The molecular weight excluding hydrogens is 345 g/mol. The van der Waals surface area contributed by atoms with E-state index < -0.39 is 11.7 Å². The number of amides is 1. The number of alkyl halides is 3. The van der Waals surface area contributed by atoms with Gasteiger partial charge >= 0.3 is 6.18 Å². The van der Waals surface area contributed by atoms with Crippen LogP contribution < -0.4 is 10.3 Å². The number of benzene rings is 1. The number of pyridine rings is 1. The minimum Gasteiger partial charge on any atom is -0.348 e. The van der Waals surface area contributed by atoms with Gasteiger partial charge in [0.2, 0.25) is 5.91 Å². The lowest BCUT2D eigenvalue weighted by Crippen LogP contribution is -2.32. The number of allylic oxidation sites excluding steroid dienone is 1. The van der Waals surface area contributed by atoms with Gasteiger partial charge in [0.15, 0.2) is 0 Å². The Balaban J connectivity index is 1.62. The molecule has 1 aromatic carbocycles. The smallest absolute Gasteiger partial charge is 0.348 e. The molecule has 2 aromatic rings. The lowest BCUT2D eigenvalue weighted by Gasteiger charge is -2.22. The van der Waals surface area contributed by atoms with E-state index in [2.05, 4.69) is 15.4 Å². The molecule has 0 radical (unpaired) electrons. The van der Waals surface area contributed by atoms with Crippen LogP contribution in [0.4, 0.5) is 18.9 Å². The number of nitrogens with zero attached hydrogens (tertiary/aromatic N) is 3. The number of hydrogen-bond donors (Lipinski definition) is 1. The highest BCUT2D eigenvalue weighted by molar-refractivity contribution is 5.99. The Kier molecular flexibility index (Phi) is 5.01. The molecule has 1 amide bonds.